The molecule has 4 heteroatoms. The molecule has 0 saturated heterocycles. The average molecular weight is 282 g/mol. The zero-order chi connectivity index (χ0) is 14.3. The Labute approximate surface area is 119 Å². The van der Waals surface area contributed by atoms with Crippen molar-refractivity contribution < 1.29 is 9.26 Å². The van der Waals surface area contributed by atoms with Crippen molar-refractivity contribution in [1.82, 2.24) is 5.16 Å². The minimum absolute atomic E-state index is 0.384. The highest BCUT2D eigenvalue weighted by molar-refractivity contribution is 6.30. The van der Waals surface area contributed by atoms with Crippen LogP contribution in [0.3, 0.4) is 0 Å². The second-order valence-corrected chi connectivity index (χ2v) is 4.27. The highest BCUT2D eigenvalue weighted by atomic mass is 35.5. The van der Waals surface area contributed by atoms with E-state index >= 15 is 0 Å². The molecule has 3 nitrogen and oxygen atoms in total. The first kappa shape index (κ1) is 15.6. The van der Waals surface area contributed by atoms with Gasteiger partial charge in [0.2, 0.25) is 0 Å². The van der Waals surface area contributed by atoms with Crippen LogP contribution in [0.5, 0.6) is 5.75 Å². The summed E-state index contributed by atoms with van der Waals surface area (Å²) in [7, 11) is 0. The molecule has 0 amide bonds. The number of hydrogen-bond donors (Lipinski definition) is 0. The number of aromatic nitrogens is 1. The van der Waals surface area contributed by atoms with Gasteiger partial charge in [-0.15, -0.1) is 0 Å². The molecule has 0 saturated carbocycles. The molecule has 0 unspecified atom stereocenters. The molecule has 0 bridgehead atoms. The van der Waals surface area contributed by atoms with Crippen LogP contribution >= 0.6 is 11.6 Å². The van der Waals surface area contributed by atoms with Crippen LogP contribution in [-0.2, 0) is 13.0 Å². The zero-order valence-corrected chi connectivity index (χ0v) is 12.6. The van der Waals surface area contributed by atoms with Gasteiger partial charge in [-0.2, -0.15) is 0 Å². The Bertz CT molecular complexity index is 509. The van der Waals surface area contributed by atoms with E-state index in [1.54, 1.807) is 0 Å². The van der Waals surface area contributed by atoms with Crippen molar-refractivity contribution in [3.05, 3.63) is 46.3 Å². The third kappa shape index (κ3) is 4.60. The smallest absolute Gasteiger partial charge is 0.174 e. The fourth-order valence-electron chi connectivity index (χ4n) is 1.60. The summed E-state index contributed by atoms with van der Waals surface area (Å²) < 4.78 is 10.8. The van der Waals surface area contributed by atoms with Gasteiger partial charge in [0, 0.05) is 11.1 Å². The summed E-state index contributed by atoms with van der Waals surface area (Å²) in [5, 5.41) is 4.54. The SMILES string of the molecule is CC.CCc1cc(Cl)ccc1OCc1cc(C)no1. The zero-order valence-electron chi connectivity index (χ0n) is 11.9. The van der Waals surface area contributed by atoms with E-state index < -0.39 is 0 Å². The number of ether oxygens (including phenoxy) is 1. The van der Waals surface area contributed by atoms with Crippen molar-refractivity contribution in [3.8, 4) is 5.75 Å². The predicted molar refractivity (Wildman–Crippen MR) is 77.8 cm³/mol. The molecule has 2 rings (SSSR count). The van der Waals surface area contributed by atoms with Crippen molar-refractivity contribution in [2.75, 3.05) is 0 Å². The Morgan fingerprint density at radius 1 is 1.26 bits per heavy atom. The summed E-state index contributed by atoms with van der Waals surface area (Å²) in [5.41, 5.74) is 1.95. The average Bonchev–Trinajstić information content (AvgIpc) is 2.85. The maximum atomic E-state index is 5.93. The van der Waals surface area contributed by atoms with Gasteiger partial charge in [0.1, 0.15) is 12.4 Å². The molecule has 1 aromatic carbocycles. The molecule has 0 spiro atoms. The van der Waals surface area contributed by atoms with Crippen LogP contribution in [0.1, 0.15) is 37.8 Å². The van der Waals surface area contributed by atoms with Crippen molar-refractivity contribution in [2.45, 2.75) is 40.7 Å². The van der Waals surface area contributed by atoms with Crippen molar-refractivity contribution in [2.24, 2.45) is 0 Å². The summed E-state index contributed by atoms with van der Waals surface area (Å²) in [6.45, 7) is 8.33. The second-order valence-electron chi connectivity index (χ2n) is 3.83. The molecule has 0 aliphatic heterocycles. The van der Waals surface area contributed by atoms with Gasteiger partial charge in [0.15, 0.2) is 5.76 Å². The summed E-state index contributed by atoms with van der Waals surface area (Å²) in [5.74, 6) is 1.56. The van der Waals surface area contributed by atoms with Gasteiger partial charge in [-0.25, -0.2) is 0 Å². The summed E-state index contributed by atoms with van der Waals surface area (Å²) in [4.78, 5) is 0. The van der Waals surface area contributed by atoms with E-state index in [9.17, 15) is 0 Å². The second kappa shape index (κ2) is 7.85. The maximum absolute atomic E-state index is 5.93. The lowest BCUT2D eigenvalue weighted by atomic mass is 10.1. The van der Waals surface area contributed by atoms with Crippen LogP contribution in [0, 0.1) is 6.92 Å². The minimum Gasteiger partial charge on any atom is -0.485 e. The van der Waals surface area contributed by atoms with E-state index in [2.05, 4.69) is 12.1 Å². The number of benzene rings is 1. The first-order valence-corrected chi connectivity index (χ1v) is 6.90. The van der Waals surface area contributed by atoms with Gasteiger partial charge in [-0.05, 0) is 37.1 Å². The minimum atomic E-state index is 0.384. The molecule has 0 atom stereocenters. The molecule has 1 heterocycles. The number of hydrogen-bond acceptors (Lipinski definition) is 3. The highest BCUT2D eigenvalue weighted by Gasteiger charge is 2.06. The standard InChI is InChI=1S/C13H14ClNO2.C2H6/c1-3-10-7-11(14)4-5-13(10)16-8-12-6-9(2)15-17-12;1-2/h4-7H,3,8H2,1-2H3;1-2H3. The van der Waals surface area contributed by atoms with Crippen molar-refractivity contribution in [1.29, 1.82) is 0 Å². The largest absolute Gasteiger partial charge is 0.485 e. The molecule has 2 aromatic rings. The first-order valence-electron chi connectivity index (χ1n) is 6.52. The van der Waals surface area contributed by atoms with Crippen molar-refractivity contribution >= 4 is 11.6 Å². The van der Waals surface area contributed by atoms with Gasteiger partial charge in [-0.1, -0.05) is 37.5 Å². The Morgan fingerprint density at radius 3 is 2.58 bits per heavy atom. The molecule has 0 N–H and O–H groups in total. The van der Waals surface area contributed by atoms with Gasteiger partial charge in [0.05, 0.1) is 5.69 Å². The molecule has 104 valence electrons. The molecule has 1 aromatic heterocycles. The Morgan fingerprint density at radius 2 is 2.00 bits per heavy atom. The molecular formula is C15H20ClNO2. The van der Waals surface area contributed by atoms with Crippen LogP contribution in [0.4, 0.5) is 0 Å². The quantitative estimate of drug-likeness (QED) is 0.807. The molecule has 0 aliphatic rings. The van der Waals surface area contributed by atoms with E-state index in [1.165, 1.54) is 0 Å². The molecule has 0 aliphatic carbocycles. The van der Waals surface area contributed by atoms with Crippen molar-refractivity contribution in [3.63, 3.8) is 0 Å². The molecule has 0 fully saturated rings. The number of nitrogens with zero attached hydrogens (tertiary/aromatic N) is 1. The topological polar surface area (TPSA) is 35.3 Å². The predicted octanol–water partition coefficient (Wildman–Crippen LogP) is 4.80. The third-order valence-corrected chi connectivity index (χ3v) is 2.69. The van der Waals surface area contributed by atoms with Crippen LogP contribution in [0.15, 0.2) is 28.8 Å². The Balaban J connectivity index is 0.000000861. The fraction of sp³-hybridized carbons (Fsp3) is 0.400. The summed E-state index contributed by atoms with van der Waals surface area (Å²) in [6, 6.07) is 7.48. The number of rotatable bonds is 4. The van der Waals surface area contributed by atoms with E-state index in [1.807, 2.05) is 45.0 Å². The van der Waals surface area contributed by atoms with Crippen LogP contribution < -0.4 is 4.74 Å². The van der Waals surface area contributed by atoms with E-state index in [0.29, 0.717) is 6.61 Å². The fourth-order valence-corrected chi connectivity index (χ4v) is 1.79. The van der Waals surface area contributed by atoms with Gasteiger partial charge in [0.25, 0.3) is 0 Å². The Hall–Kier alpha value is -1.48. The third-order valence-electron chi connectivity index (χ3n) is 2.45. The van der Waals surface area contributed by atoms with Crippen LogP contribution in [0.2, 0.25) is 5.02 Å². The normalized spacial score (nSPS) is 9.74. The monoisotopic (exact) mass is 281 g/mol. The molecular weight excluding hydrogens is 262 g/mol. The first-order chi connectivity index (χ1) is 9.19. The number of aryl methyl sites for hydroxylation is 2. The van der Waals surface area contributed by atoms with Gasteiger partial charge < -0.3 is 9.26 Å². The summed E-state index contributed by atoms with van der Waals surface area (Å²) in [6.07, 6.45) is 0.880. The van der Waals surface area contributed by atoms with Gasteiger partial charge >= 0.3 is 0 Å². The lowest BCUT2D eigenvalue weighted by molar-refractivity contribution is 0.247. The molecule has 0 radical (unpaired) electrons. The van der Waals surface area contributed by atoms with Crippen LogP contribution in [0.25, 0.3) is 0 Å². The van der Waals surface area contributed by atoms with Gasteiger partial charge in [-0.3, -0.25) is 0 Å². The lowest BCUT2D eigenvalue weighted by Crippen LogP contribution is -1.97. The maximum Gasteiger partial charge on any atom is 0.174 e. The lowest BCUT2D eigenvalue weighted by Gasteiger charge is -2.09. The number of halogens is 1. The van der Waals surface area contributed by atoms with E-state index in [0.717, 1.165) is 34.2 Å². The van der Waals surface area contributed by atoms with Crippen LogP contribution in [-0.4, -0.2) is 5.16 Å². The van der Waals surface area contributed by atoms with E-state index in [4.69, 9.17) is 20.9 Å². The summed E-state index contributed by atoms with van der Waals surface area (Å²) >= 11 is 5.93. The highest BCUT2D eigenvalue weighted by Crippen LogP contribution is 2.24. The van der Waals surface area contributed by atoms with E-state index in [-0.39, 0.29) is 0 Å². The molecule has 19 heavy (non-hydrogen) atoms. The Kier molecular flexibility index (Phi) is 6.43.